The summed E-state index contributed by atoms with van der Waals surface area (Å²) in [5.74, 6) is -1.28. The van der Waals surface area contributed by atoms with E-state index in [4.69, 9.17) is 16.2 Å². The van der Waals surface area contributed by atoms with E-state index in [1.54, 1.807) is 31.2 Å². The van der Waals surface area contributed by atoms with Crippen LogP contribution in [0, 0.1) is 5.82 Å². The van der Waals surface area contributed by atoms with Crippen LogP contribution in [0.3, 0.4) is 0 Å². The van der Waals surface area contributed by atoms with Crippen LogP contribution in [0.4, 0.5) is 21.0 Å². The standard InChI is InChI=1S/C24H26FN5O4S/c1-13(2)28-19(31)12-34-18-10-4-15(5-11-18)20(32)21-22(26)29-24(35-21)30(14(3)23(27)33)17-8-6-16(25)7-9-17/h4-11,13-14H,12,26H2,1-3H3,(H2,27,33)(H,28,31)/t14-/m0/s1. The van der Waals surface area contributed by atoms with E-state index in [0.29, 0.717) is 17.0 Å². The number of benzene rings is 2. The van der Waals surface area contributed by atoms with Gasteiger partial charge in [0.2, 0.25) is 11.7 Å². The molecule has 2 aromatic carbocycles. The maximum atomic E-state index is 13.4. The number of primary amides is 1. The van der Waals surface area contributed by atoms with Gasteiger partial charge in [0.25, 0.3) is 5.91 Å². The second kappa shape index (κ2) is 11.0. The Hall–Kier alpha value is -3.99. The molecular weight excluding hydrogens is 473 g/mol. The fourth-order valence-electron chi connectivity index (χ4n) is 3.16. The van der Waals surface area contributed by atoms with Gasteiger partial charge >= 0.3 is 0 Å². The molecule has 0 bridgehead atoms. The van der Waals surface area contributed by atoms with Crippen molar-refractivity contribution in [2.24, 2.45) is 5.73 Å². The first kappa shape index (κ1) is 25.6. The molecule has 3 aromatic rings. The fourth-order valence-corrected chi connectivity index (χ4v) is 4.21. The van der Waals surface area contributed by atoms with E-state index in [2.05, 4.69) is 10.3 Å². The summed E-state index contributed by atoms with van der Waals surface area (Å²) in [7, 11) is 0. The number of carbonyl (C=O) groups is 3. The molecule has 0 saturated carbocycles. The van der Waals surface area contributed by atoms with E-state index >= 15 is 0 Å². The highest BCUT2D eigenvalue weighted by atomic mass is 32.1. The van der Waals surface area contributed by atoms with E-state index in [1.807, 2.05) is 13.8 Å². The molecule has 1 heterocycles. The molecule has 0 unspecified atom stereocenters. The van der Waals surface area contributed by atoms with Crippen LogP contribution in [0.2, 0.25) is 0 Å². The second-order valence-electron chi connectivity index (χ2n) is 8.00. The van der Waals surface area contributed by atoms with Gasteiger partial charge in [0, 0.05) is 17.3 Å². The van der Waals surface area contributed by atoms with E-state index < -0.39 is 17.8 Å². The number of nitrogens with zero attached hydrogens (tertiary/aromatic N) is 2. The molecule has 9 nitrogen and oxygen atoms in total. The molecule has 5 N–H and O–H groups in total. The third-order valence-corrected chi connectivity index (χ3v) is 5.96. The number of nitrogen functional groups attached to an aromatic ring is 1. The van der Waals surface area contributed by atoms with Crippen LogP contribution < -0.4 is 26.4 Å². The number of halogens is 1. The number of nitrogens with one attached hydrogen (secondary N) is 1. The highest BCUT2D eigenvalue weighted by Crippen LogP contribution is 2.36. The van der Waals surface area contributed by atoms with E-state index in [-0.39, 0.29) is 40.2 Å². The Bertz CT molecular complexity index is 1210. The van der Waals surface area contributed by atoms with Gasteiger partial charge in [-0.2, -0.15) is 0 Å². The fraction of sp³-hybridized carbons (Fsp3) is 0.250. The maximum absolute atomic E-state index is 13.4. The molecule has 35 heavy (non-hydrogen) atoms. The first-order valence-electron chi connectivity index (χ1n) is 10.7. The molecule has 1 aromatic heterocycles. The number of hydrogen-bond acceptors (Lipinski definition) is 8. The quantitative estimate of drug-likeness (QED) is 0.364. The van der Waals surface area contributed by atoms with Gasteiger partial charge in [0.1, 0.15) is 28.3 Å². The predicted octanol–water partition coefficient (Wildman–Crippen LogP) is 3.01. The number of carbonyl (C=O) groups excluding carboxylic acids is 3. The van der Waals surface area contributed by atoms with Gasteiger partial charge in [-0.3, -0.25) is 14.4 Å². The minimum absolute atomic E-state index is 0.00536. The number of aromatic nitrogens is 1. The van der Waals surface area contributed by atoms with Crippen molar-refractivity contribution < 1.29 is 23.5 Å². The van der Waals surface area contributed by atoms with Crippen molar-refractivity contribution >= 4 is 45.6 Å². The van der Waals surface area contributed by atoms with Crippen LogP contribution >= 0.6 is 11.3 Å². The molecule has 184 valence electrons. The summed E-state index contributed by atoms with van der Waals surface area (Å²) in [5, 5.41) is 2.99. The first-order valence-corrected chi connectivity index (χ1v) is 11.6. The number of nitrogens with two attached hydrogens (primary N) is 2. The molecule has 0 spiro atoms. The Morgan fingerprint density at radius 2 is 1.71 bits per heavy atom. The SMILES string of the molecule is CC(C)NC(=O)COc1ccc(C(=O)c2sc(N(c3ccc(F)cc3)[C@@H](C)C(N)=O)nc2N)cc1. The maximum Gasteiger partial charge on any atom is 0.258 e. The third-order valence-electron chi connectivity index (χ3n) is 4.89. The third kappa shape index (κ3) is 6.33. The minimum Gasteiger partial charge on any atom is -0.484 e. The number of ketones is 1. The van der Waals surface area contributed by atoms with Crippen LogP contribution in [0.15, 0.2) is 48.5 Å². The van der Waals surface area contributed by atoms with Gasteiger partial charge in [-0.15, -0.1) is 0 Å². The van der Waals surface area contributed by atoms with Crippen LogP contribution in [0.1, 0.15) is 36.0 Å². The normalized spacial score (nSPS) is 11.7. The summed E-state index contributed by atoms with van der Waals surface area (Å²) in [5.41, 5.74) is 12.4. The monoisotopic (exact) mass is 499 g/mol. The van der Waals surface area contributed by atoms with Gasteiger partial charge in [-0.25, -0.2) is 9.37 Å². The van der Waals surface area contributed by atoms with Gasteiger partial charge in [0.15, 0.2) is 11.7 Å². The summed E-state index contributed by atoms with van der Waals surface area (Å²) >= 11 is 0.994. The molecule has 0 aliphatic heterocycles. The number of hydrogen-bond donors (Lipinski definition) is 3. The van der Waals surface area contributed by atoms with Crippen molar-refractivity contribution in [3.05, 3.63) is 64.8 Å². The van der Waals surface area contributed by atoms with Gasteiger partial charge in [-0.05, 0) is 69.3 Å². The minimum atomic E-state index is -0.835. The number of amides is 2. The zero-order valence-corrected chi connectivity index (χ0v) is 20.3. The van der Waals surface area contributed by atoms with Crippen molar-refractivity contribution in [1.82, 2.24) is 10.3 Å². The summed E-state index contributed by atoms with van der Waals surface area (Å²) in [6.07, 6.45) is 0. The molecule has 2 amide bonds. The van der Waals surface area contributed by atoms with E-state index in [0.717, 1.165) is 11.3 Å². The van der Waals surface area contributed by atoms with Crippen LogP contribution in [0.5, 0.6) is 5.75 Å². The highest BCUT2D eigenvalue weighted by molar-refractivity contribution is 7.18. The number of rotatable bonds is 10. The Kier molecular flexibility index (Phi) is 8.02. The second-order valence-corrected chi connectivity index (χ2v) is 8.98. The summed E-state index contributed by atoms with van der Waals surface area (Å²) in [6, 6.07) is 10.9. The molecule has 0 aliphatic carbocycles. The van der Waals surface area contributed by atoms with Gasteiger partial charge < -0.3 is 26.4 Å². The van der Waals surface area contributed by atoms with Crippen LogP contribution in [0.25, 0.3) is 0 Å². The molecule has 0 aliphatic rings. The lowest BCUT2D eigenvalue weighted by Gasteiger charge is -2.26. The van der Waals surface area contributed by atoms with Gasteiger partial charge in [0.05, 0.1) is 0 Å². The number of thiazole rings is 1. The number of ether oxygens (including phenoxy) is 1. The van der Waals surface area contributed by atoms with Crippen LogP contribution in [-0.2, 0) is 9.59 Å². The Morgan fingerprint density at radius 1 is 1.09 bits per heavy atom. The first-order chi connectivity index (χ1) is 16.6. The summed E-state index contributed by atoms with van der Waals surface area (Å²) < 4.78 is 18.9. The smallest absolute Gasteiger partial charge is 0.258 e. The lowest BCUT2D eigenvalue weighted by Crippen LogP contribution is -2.39. The molecule has 0 fully saturated rings. The van der Waals surface area contributed by atoms with Crippen molar-refractivity contribution in [3.63, 3.8) is 0 Å². The zero-order valence-electron chi connectivity index (χ0n) is 19.4. The Morgan fingerprint density at radius 3 is 2.29 bits per heavy atom. The molecular formula is C24H26FN5O4S. The molecule has 0 radical (unpaired) electrons. The average Bonchev–Trinajstić information content (AvgIpc) is 3.19. The predicted molar refractivity (Wildman–Crippen MR) is 132 cm³/mol. The largest absolute Gasteiger partial charge is 0.484 e. The summed E-state index contributed by atoms with van der Waals surface area (Å²) in [4.78, 5) is 42.7. The zero-order chi connectivity index (χ0) is 25.7. The lowest BCUT2D eigenvalue weighted by atomic mass is 10.1. The topological polar surface area (TPSA) is 141 Å². The lowest BCUT2D eigenvalue weighted by molar-refractivity contribution is -0.123. The van der Waals surface area contributed by atoms with E-state index in [1.165, 1.54) is 29.2 Å². The number of anilines is 3. The van der Waals surface area contributed by atoms with Crippen molar-refractivity contribution in [1.29, 1.82) is 0 Å². The van der Waals surface area contributed by atoms with E-state index in [9.17, 15) is 18.8 Å². The van der Waals surface area contributed by atoms with Gasteiger partial charge in [-0.1, -0.05) is 11.3 Å². The highest BCUT2D eigenvalue weighted by Gasteiger charge is 2.27. The Labute approximate surface area is 205 Å². The van der Waals surface area contributed by atoms with Crippen molar-refractivity contribution in [2.75, 3.05) is 17.2 Å². The van der Waals surface area contributed by atoms with Crippen molar-refractivity contribution in [2.45, 2.75) is 32.9 Å². The molecule has 3 rings (SSSR count). The average molecular weight is 500 g/mol. The summed E-state index contributed by atoms with van der Waals surface area (Å²) in [6.45, 7) is 5.13. The molecule has 11 heteroatoms. The van der Waals surface area contributed by atoms with Crippen LogP contribution in [-0.4, -0.2) is 41.3 Å². The molecule has 1 atom stereocenters. The molecule has 0 saturated heterocycles. The Balaban J connectivity index is 1.82. The van der Waals surface area contributed by atoms with Crippen molar-refractivity contribution in [3.8, 4) is 5.75 Å².